The van der Waals surface area contributed by atoms with E-state index in [0.29, 0.717) is 11.1 Å². The lowest BCUT2D eigenvalue weighted by Gasteiger charge is -2.32. The predicted molar refractivity (Wildman–Crippen MR) is 138 cm³/mol. The third kappa shape index (κ3) is 2.92. The quantitative estimate of drug-likeness (QED) is 0.312. The SMILES string of the molecule is Cc1cc2[n+](cc1-c1ccncc1)C1c3ccccc3-c3cccc[n+]3C1c1ccc(C#N)c(C#N)c1-2. The Bertz CT molecular complexity index is 1830. The summed E-state index contributed by atoms with van der Waals surface area (Å²) in [5.74, 6) is 0. The van der Waals surface area contributed by atoms with Crippen LogP contribution in [0.15, 0.2) is 97.6 Å². The van der Waals surface area contributed by atoms with Gasteiger partial charge in [0.15, 0.2) is 12.4 Å². The van der Waals surface area contributed by atoms with E-state index in [9.17, 15) is 10.5 Å². The van der Waals surface area contributed by atoms with Gasteiger partial charge in [-0.05, 0) is 54.4 Å². The number of nitriles is 2. The summed E-state index contributed by atoms with van der Waals surface area (Å²) in [6.07, 6.45) is 7.96. The van der Waals surface area contributed by atoms with E-state index in [1.165, 1.54) is 11.1 Å². The van der Waals surface area contributed by atoms with Gasteiger partial charge in [-0.25, -0.2) is 0 Å². The van der Waals surface area contributed by atoms with E-state index in [4.69, 9.17) is 0 Å². The van der Waals surface area contributed by atoms with Gasteiger partial charge in [-0.1, -0.05) is 18.2 Å². The molecule has 0 N–H and O–H groups in total. The highest BCUT2D eigenvalue weighted by atomic mass is 15.1. The van der Waals surface area contributed by atoms with E-state index >= 15 is 0 Å². The first-order valence-corrected chi connectivity index (χ1v) is 12.2. The predicted octanol–water partition coefficient (Wildman–Crippen LogP) is 5.22. The molecule has 3 aromatic heterocycles. The van der Waals surface area contributed by atoms with Crippen LogP contribution in [0.3, 0.4) is 0 Å². The lowest BCUT2D eigenvalue weighted by molar-refractivity contribution is -0.799. The van der Waals surface area contributed by atoms with Crippen LogP contribution in [0.2, 0.25) is 0 Å². The number of aryl methyl sites for hydroxylation is 1. The van der Waals surface area contributed by atoms with E-state index in [1.54, 1.807) is 6.07 Å². The minimum absolute atomic E-state index is 0.0285. The van der Waals surface area contributed by atoms with Gasteiger partial charge in [0.25, 0.3) is 12.1 Å². The van der Waals surface area contributed by atoms with E-state index < -0.39 is 0 Å². The Kier molecular flexibility index (Phi) is 4.55. The maximum atomic E-state index is 10.3. The van der Waals surface area contributed by atoms with Crippen molar-refractivity contribution in [3.8, 4) is 45.8 Å². The van der Waals surface area contributed by atoms with Crippen molar-refractivity contribution < 1.29 is 9.13 Å². The van der Waals surface area contributed by atoms with Crippen LogP contribution in [-0.2, 0) is 0 Å². The maximum absolute atomic E-state index is 10.3. The van der Waals surface area contributed by atoms with Crippen LogP contribution in [0.4, 0.5) is 0 Å². The van der Waals surface area contributed by atoms with E-state index in [2.05, 4.69) is 94.1 Å². The number of pyridine rings is 3. The molecule has 2 aromatic carbocycles. The molecular formula is C32H21N5+2. The van der Waals surface area contributed by atoms with Crippen molar-refractivity contribution in [2.45, 2.75) is 19.0 Å². The molecule has 0 saturated heterocycles. The molecule has 0 aliphatic carbocycles. The fraction of sp³-hybridized carbons (Fsp3) is 0.0938. The summed E-state index contributed by atoms with van der Waals surface area (Å²) in [4.78, 5) is 4.20. The molecule has 5 aromatic rings. The molecule has 5 heterocycles. The molecule has 5 heteroatoms. The normalized spacial score (nSPS) is 16.2. The number of hydrogen-bond acceptors (Lipinski definition) is 3. The van der Waals surface area contributed by atoms with E-state index in [-0.39, 0.29) is 12.1 Å². The first-order chi connectivity index (χ1) is 18.2. The minimum atomic E-state index is -0.0774. The fourth-order valence-corrected chi connectivity index (χ4v) is 6.14. The molecule has 2 atom stereocenters. The molecule has 0 bridgehead atoms. The summed E-state index contributed by atoms with van der Waals surface area (Å²) in [7, 11) is 0. The minimum Gasteiger partial charge on any atom is -0.265 e. The lowest BCUT2D eigenvalue weighted by atomic mass is 9.77. The van der Waals surface area contributed by atoms with Crippen molar-refractivity contribution >= 4 is 0 Å². The largest absolute Gasteiger partial charge is 0.265 e. The number of fused-ring (bicyclic) bond motifs is 11. The monoisotopic (exact) mass is 475 g/mol. The van der Waals surface area contributed by atoms with Crippen LogP contribution in [0.5, 0.6) is 0 Å². The Hall–Kier alpha value is -5.13. The second-order valence-corrected chi connectivity index (χ2v) is 9.54. The third-order valence-electron chi connectivity index (χ3n) is 7.70. The van der Waals surface area contributed by atoms with Gasteiger partial charge in [-0.2, -0.15) is 19.7 Å². The van der Waals surface area contributed by atoms with Crippen LogP contribution < -0.4 is 9.13 Å². The molecule has 0 spiro atoms. The summed E-state index contributed by atoms with van der Waals surface area (Å²) >= 11 is 0. The molecule has 0 radical (unpaired) electrons. The smallest absolute Gasteiger partial charge is 0.250 e. The van der Waals surface area contributed by atoms with Crippen molar-refractivity contribution in [2.24, 2.45) is 0 Å². The molecule has 0 saturated carbocycles. The Labute approximate surface area is 214 Å². The Morgan fingerprint density at radius 3 is 2.35 bits per heavy atom. The van der Waals surface area contributed by atoms with E-state index in [1.807, 2.05) is 30.6 Å². The van der Waals surface area contributed by atoms with Crippen LogP contribution in [-0.4, -0.2) is 4.98 Å². The molecule has 2 aliphatic rings. The number of rotatable bonds is 1. The molecule has 37 heavy (non-hydrogen) atoms. The van der Waals surface area contributed by atoms with Crippen molar-refractivity contribution in [2.75, 3.05) is 0 Å². The van der Waals surface area contributed by atoms with Gasteiger partial charge in [0.2, 0.25) is 11.4 Å². The van der Waals surface area contributed by atoms with Crippen LogP contribution in [0.25, 0.3) is 33.6 Å². The molecule has 172 valence electrons. The van der Waals surface area contributed by atoms with Gasteiger partial charge in [0, 0.05) is 47.3 Å². The zero-order valence-electron chi connectivity index (χ0n) is 20.1. The average molecular weight is 476 g/mol. The molecule has 7 rings (SSSR count). The van der Waals surface area contributed by atoms with Crippen molar-refractivity contribution in [1.29, 1.82) is 10.5 Å². The number of hydrogen-bond donors (Lipinski definition) is 0. The molecule has 2 unspecified atom stereocenters. The zero-order valence-corrected chi connectivity index (χ0v) is 20.1. The highest BCUT2D eigenvalue weighted by Gasteiger charge is 2.53. The lowest BCUT2D eigenvalue weighted by Crippen LogP contribution is -2.60. The first kappa shape index (κ1) is 21.2. The van der Waals surface area contributed by atoms with Crippen LogP contribution in [0, 0.1) is 29.6 Å². The Morgan fingerprint density at radius 1 is 0.757 bits per heavy atom. The summed E-state index contributed by atoms with van der Waals surface area (Å²) in [5.41, 5.74) is 10.6. The molecule has 0 amide bonds. The van der Waals surface area contributed by atoms with Gasteiger partial charge in [0.1, 0.15) is 12.1 Å². The zero-order chi connectivity index (χ0) is 25.1. The average Bonchev–Trinajstić information content (AvgIpc) is 2.96. The van der Waals surface area contributed by atoms with Crippen molar-refractivity contribution in [3.05, 3.63) is 125 Å². The Morgan fingerprint density at radius 2 is 1.54 bits per heavy atom. The molecule has 5 nitrogen and oxygen atoms in total. The first-order valence-electron chi connectivity index (χ1n) is 12.2. The molecule has 0 fully saturated rings. The van der Waals surface area contributed by atoms with Gasteiger partial charge in [0.05, 0.1) is 22.3 Å². The third-order valence-corrected chi connectivity index (χ3v) is 7.70. The standard InChI is InChI=1S/C32H21N5/c1-20-16-29-30-25(10-9-22(17-33)26(30)18-34)32-31(37(29)19-27(20)21-11-13-35-14-12-21)24-7-3-2-6-23(24)28-8-4-5-15-36(28)32/h2-16,19,31-32H,1H3/q+2. The van der Waals surface area contributed by atoms with Crippen LogP contribution >= 0.6 is 0 Å². The number of benzene rings is 2. The highest BCUT2D eigenvalue weighted by molar-refractivity contribution is 5.77. The molecule has 2 aliphatic heterocycles. The summed E-state index contributed by atoms with van der Waals surface area (Å²) in [6.45, 7) is 2.10. The van der Waals surface area contributed by atoms with Gasteiger partial charge >= 0.3 is 0 Å². The van der Waals surface area contributed by atoms with Crippen molar-refractivity contribution in [1.82, 2.24) is 4.98 Å². The molecular weight excluding hydrogens is 454 g/mol. The summed E-state index contributed by atoms with van der Waals surface area (Å²) < 4.78 is 4.64. The number of aromatic nitrogens is 3. The number of nitrogens with zero attached hydrogens (tertiary/aromatic N) is 5. The van der Waals surface area contributed by atoms with Gasteiger partial charge < -0.3 is 0 Å². The Balaban J connectivity index is 1.64. The fourth-order valence-electron chi connectivity index (χ4n) is 6.14. The van der Waals surface area contributed by atoms with Crippen LogP contribution in [0.1, 0.15) is 39.9 Å². The van der Waals surface area contributed by atoms with Gasteiger partial charge in [-0.15, -0.1) is 0 Å². The van der Waals surface area contributed by atoms with E-state index in [0.717, 1.165) is 39.2 Å². The second-order valence-electron chi connectivity index (χ2n) is 9.54. The van der Waals surface area contributed by atoms with Crippen molar-refractivity contribution in [3.63, 3.8) is 0 Å². The summed E-state index contributed by atoms with van der Waals surface area (Å²) in [5, 5.41) is 20.1. The second kappa shape index (κ2) is 7.95. The highest BCUT2D eigenvalue weighted by Crippen LogP contribution is 2.47. The topological polar surface area (TPSA) is 68.2 Å². The maximum Gasteiger partial charge on any atom is 0.250 e. The van der Waals surface area contributed by atoms with Gasteiger partial charge in [-0.3, -0.25) is 4.98 Å². The summed E-state index contributed by atoms with van der Waals surface area (Å²) in [6, 6.07) is 29.4.